The van der Waals surface area contributed by atoms with E-state index in [2.05, 4.69) is 27.9 Å². The molecule has 1 aromatic rings. The fraction of sp³-hybridized carbons (Fsp3) is 0.500. The van der Waals surface area contributed by atoms with E-state index in [-0.39, 0.29) is 5.84 Å². The Morgan fingerprint density at radius 3 is 3.00 bits per heavy atom. The molecule has 0 bridgehead atoms. The highest BCUT2D eigenvalue weighted by Crippen LogP contribution is 2.25. The summed E-state index contributed by atoms with van der Waals surface area (Å²) < 4.78 is 6.83. The average Bonchev–Trinajstić information content (AvgIpc) is 2.37. The van der Waals surface area contributed by atoms with Crippen LogP contribution in [0, 0.1) is 5.41 Å². The Morgan fingerprint density at radius 1 is 1.53 bits per heavy atom. The van der Waals surface area contributed by atoms with Crippen molar-refractivity contribution in [1.82, 2.24) is 4.90 Å². The number of likely N-dealkylation sites (tertiary alicyclic amines) is 1. The Morgan fingerprint density at radius 2 is 2.32 bits per heavy atom. The summed E-state index contributed by atoms with van der Waals surface area (Å²) in [5, 5.41) is 7.58. The van der Waals surface area contributed by atoms with Gasteiger partial charge in [0.1, 0.15) is 18.2 Å². The number of piperidine rings is 1. The first-order valence-corrected chi connectivity index (χ1v) is 7.34. The van der Waals surface area contributed by atoms with Crippen LogP contribution in [0.2, 0.25) is 0 Å². The van der Waals surface area contributed by atoms with Crippen LogP contribution in [0.5, 0.6) is 5.75 Å². The Kier molecular flexibility index (Phi) is 4.82. The predicted octanol–water partition coefficient (Wildman–Crippen LogP) is 2.60. The number of nitrogen functional groups attached to an aromatic ring is 1. The van der Waals surface area contributed by atoms with Gasteiger partial charge in [-0.25, -0.2) is 0 Å². The second-order valence-electron chi connectivity index (χ2n) is 5.00. The van der Waals surface area contributed by atoms with Gasteiger partial charge in [-0.2, -0.15) is 0 Å². The van der Waals surface area contributed by atoms with Gasteiger partial charge < -0.3 is 15.4 Å². The summed E-state index contributed by atoms with van der Waals surface area (Å²) in [4.78, 5) is 2.34. The molecule has 0 aliphatic carbocycles. The number of halogens is 1. The van der Waals surface area contributed by atoms with Crippen LogP contribution < -0.4 is 10.5 Å². The van der Waals surface area contributed by atoms with E-state index >= 15 is 0 Å². The number of ether oxygens (including phenoxy) is 1. The van der Waals surface area contributed by atoms with Crippen molar-refractivity contribution < 1.29 is 4.74 Å². The molecule has 3 N–H and O–H groups in total. The van der Waals surface area contributed by atoms with Gasteiger partial charge in [0.25, 0.3) is 0 Å². The van der Waals surface area contributed by atoms with E-state index in [1.54, 1.807) is 0 Å². The monoisotopic (exact) mass is 325 g/mol. The predicted molar refractivity (Wildman–Crippen MR) is 80.9 cm³/mol. The molecule has 5 heteroatoms. The Balaban J connectivity index is 2.05. The van der Waals surface area contributed by atoms with E-state index in [1.165, 1.54) is 19.3 Å². The third-order valence-corrected chi connectivity index (χ3v) is 4.08. The number of amidine groups is 1. The van der Waals surface area contributed by atoms with Crippen molar-refractivity contribution >= 4 is 21.8 Å². The van der Waals surface area contributed by atoms with Gasteiger partial charge in [0.05, 0.1) is 5.56 Å². The minimum absolute atomic E-state index is 0.0412. The van der Waals surface area contributed by atoms with Crippen molar-refractivity contribution in [1.29, 1.82) is 5.41 Å². The van der Waals surface area contributed by atoms with Crippen molar-refractivity contribution in [2.45, 2.75) is 25.3 Å². The first-order valence-electron chi connectivity index (χ1n) is 6.55. The highest BCUT2D eigenvalue weighted by Gasteiger charge is 2.20. The van der Waals surface area contributed by atoms with Crippen molar-refractivity contribution in [3.05, 3.63) is 28.2 Å². The van der Waals surface area contributed by atoms with E-state index in [9.17, 15) is 0 Å². The molecule has 0 radical (unpaired) electrons. The van der Waals surface area contributed by atoms with Crippen LogP contribution in [0.3, 0.4) is 0 Å². The summed E-state index contributed by atoms with van der Waals surface area (Å²) in [6, 6.07) is 6.01. The van der Waals surface area contributed by atoms with E-state index in [0.29, 0.717) is 24.0 Å². The van der Waals surface area contributed by atoms with Gasteiger partial charge in [0.2, 0.25) is 0 Å². The molecule has 1 saturated heterocycles. The highest BCUT2D eigenvalue weighted by molar-refractivity contribution is 9.10. The zero-order valence-electron chi connectivity index (χ0n) is 11.2. The van der Waals surface area contributed by atoms with Gasteiger partial charge >= 0.3 is 0 Å². The molecule has 1 heterocycles. The van der Waals surface area contributed by atoms with Crippen LogP contribution in [0.15, 0.2) is 22.7 Å². The largest absolute Gasteiger partial charge is 0.491 e. The van der Waals surface area contributed by atoms with Gasteiger partial charge in [-0.15, -0.1) is 0 Å². The smallest absolute Gasteiger partial charge is 0.131 e. The molecule has 0 spiro atoms. The molecular weight excluding hydrogens is 306 g/mol. The molecule has 1 fully saturated rings. The molecule has 0 saturated carbocycles. The number of nitrogens with one attached hydrogen (secondary N) is 1. The molecule has 1 unspecified atom stereocenters. The average molecular weight is 326 g/mol. The quantitative estimate of drug-likeness (QED) is 0.660. The summed E-state index contributed by atoms with van der Waals surface area (Å²) >= 11 is 3.42. The number of hydrogen-bond donors (Lipinski definition) is 2. The summed E-state index contributed by atoms with van der Waals surface area (Å²) in [6.07, 6.45) is 3.69. The Hall–Kier alpha value is -1.07. The summed E-state index contributed by atoms with van der Waals surface area (Å²) in [5.41, 5.74) is 6.23. The van der Waals surface area contributed by atoms with Crippen LogP contribution in [0.1, 0.15) is 24.8 Å². The lowest BCUT2D eigenvalue weighted by atomic mass is 10.0. The normalized spacial score (nSPS) is 20.2. The van der Waals surface area contributed by atoms with Gasteiger partial charge in [-0.3, -0.25) is 5.41 Å². The number of nitrogens with two attached hydrogens (primary N) is 1. The number of likely N-dealkylation sites (N-methyl/N-ethyl adjacent to an activating group) is 1. The van der Waals surface area contributed by atoms with E-state index in [4.69, 9.17) is 15.9 Å². The van der Waals surface area contributed by atoms with Crippen molar-refractivity contribution in [2.75, 3.05) is 20.2 Å². The molecule has 1 aliphatic rings. The molecule has 0 amide bonds. The minimum Gasteiger partial charge on any atom is -0.491 e. The third kappa shape index (κ3) is 3.70. The molecule has 0 aromatic heterocycles. The van der Waals surface area contributed by atoms with Crippen molar-refractivity contribution in [3.8, 4) is 5.75 Å². The second-order valence-corrected chi connectivity index (χ2v) is 5.91. The molecule has 104 valence electrons. The van der Waals surface area contributed by atoms with Crippen LogP contribution in [0.25, 0.3) is 0 Å². The van der Waals surface area contributed by atoms with E-state index in [1.807, 2.05) is 18.2 Å². The SMILES string of the molecule is CN1CCCCC1COc1cc(Br)ccc1C(=N)N. The lowest BCUT2D eigenvalue weighted by Crippen LogP contribution is -2.40. The van der Waals surface area contributed by atoms with Crippen molar-refractivity contribution in [2.24, 2.45) is 5.73 Å². The zero-order chi connectivity index (χ0) is 13.8. The summed E-state index contributed by atoms with van der Waals surface area (Å²) in [7, 11) is 2.14. The van der Waals surface area contributed by atoms with Gasteiger partial charge in [0.15, 0.2) is 0 Å². The molecule has 1 aliphatic heterocycles. The van der Waals surface area contributed by atoms with Gasteiger partial charge in [-0.1, -0.05) is 22.4 Å². The first-order chi connectivity index (χ1) is 9.08. The Labute approximate surface area is 122 Å². The third-order valence-electron chi connectivity index (χ3n) is 3.59. The molecule has 2 rings (SSSR count). The molecule has 1 atom stereocenters. The minimum atomic E-state index is 0.0412. The number of nitrogens with zero attached hydrogens (tertiary/aromatic N) is 1. The molecule has 1 aromatic carbocycles. The van der Waals surface area contributed by atoms with Crippen LogP contribution in [0.4, 0.5) is 0 Å². The topological polar surface area (TPSA) is 62.3 Å². The first kappa shape index (κ1) is 14.3. The molecule has 19 heavy (non-hydrogen) atoms. The second kappa shape index (κ2) is 6.39. The maximum Gasteiger partial charge on any atom is 0.131 e. The Bertz CT molecular complexity index is 464. The lowest BCUT2D eigenvalue weighted by molar-refractivity contribution is 0.125. The lowest BCUT2D eigenvalue weighted by Gasteiger charge is -2.32. The van der Waals surface area contributed by atoms with Gasteiger partial charge in [0, 0.05) is 10.5 Å². The summed E-state index contributed by atoms with van der Waals surface area (Å²) in [5.74, 6) is 0.723. The number of hydrogen-bond acceptors (Lipinski definition) is 3. The standard InChI is InChI=1S/C14H20BrN3O/c1-18-7-3-2-4-11(18)9-19-13-8-10(15)5-6-12(13)14(16)17/h5-6,8,11H,2-4,7,9H2,1H3,(H3,16,17). The fourth-order valence-electron chi connectivity index (χ4n) is 2.38. The fourth-order valence-corrected chi connectivity index (χ4v) is 2.72. The van der Waals surface area contributed by atoms with Crippen LogP contribution in [-0.2, 0) is 0 Å². The van der Waals surface area contributed by atoms with Crippen LogP contribution in [-0.4, -0.2) is 37.0 Å². The number of rotatable bonds is 4. The van der Waals surface area contributed by atoms with E-state index < -0.39 is 0 Å². The molecule has 4 nitrogen and oxygen atoms in total. The number of benzene rings is 1. The van der Waals surface area contributed by atoms with Gasteiger partial charge in [-0.05, 0) is 44.6 Å². The van der Waals surface area contributed by atoms with Crippen molar-refractivity contribution in [3.63, 3.8) is 0 Å². The molecular formula is C14H20BrN3O. The maximum absolute atomic E-state index is 7.58. The van der Waals surface area contributed by atoms with Crippen LogP contribution >= 0.6 is 15.9 Å². The summed E-state index contributed by atoms with van der Waals surface area (Å²) in [6.45, 7) is 1.78. The zero-order valence-corrected chi connectivity index (χ0v) is 12.7. The van der Waals surface area contributed by atoms with E-state index in [0.717, 1.165) is 11.0 Å². The maximum atomic E-state index is 7.58. The highest BCUT2D eigenvalue weighted by atomic mass is 79.9.